The van der Waals surface area contributed by atoms with Gasteiger partial charge in [0.15, 0.2) is 0 Å². The van der Waals surface area contributed by atoms with Gasteiger partial charge in [0, 0.05) is 64.9 Å². The molecular weight excluding hydrogens is 713 g/mol. The standard InChI is InChI=1S/C35H76N2O9S2Si2/c1-9-19-39-31-36(33-47-27-17-29-49(41-21-11-3,42-22-12-4)43-23-13-5)35(38)37(32-40-20-10-2)34-48-28-18-30-50(44-24-14-6,45-25-15-7)46-26-16-8/h9-34H2,1-8H3. The Morgan fingerprint density at radius 2 is 0.740 bits per heavy atom. The molecule has 0 aromatic rings. The van der Waals surface area contributed by atoms with Crippen LogP contribution < -0.4 is 0 Å². The van der Waals surface area contributed by atoms with Gasteiger partial charge >= 0.3 is 23.6 Å². The van der Waals surface area contributed by atoms with Crippen molar-refractivity contribution in [3.63, 3.8) is 0 Å². The third-order valence-electron chi connectivity index (χ3n) is 6.93. The normalized spacial score (nSPS) is 12.2. The van der Waals surface area contributed by atoms with Crippen molar-refractivity contribution in [3.05, 3.63) is 0 Å². The predicted octanol–water partition coefficient (Wildman–Crippen LogP) is 9.08. The summed E-state index contributed by atoms with van der Waals surface area (Å²) in [5.74, 6) is 2.78. The lowest BCUT2D eigenvalue weighted by Gasteiger charge is -2.31. The number of amides is 2. The van der Waals surface area contributed by atoms with E-state index in [1.165, 1.54) is 0 Å². The van der Waals surface area contributed by atoms with E-state index >= 15 is 0 Å². The lowest BCUT2D eigenvalue weighted by molar-refractivity contribution is 0.0195. The number of carbonyl (C=O) groups excluding carboxylic acids is 1. The van der Waals surface area contributed by atoms with Crippen molar-refractivity contribution in [3.8, 4) is 0 Å². The van der Waals surface area contributed by atoms with Crippen molar-refractivity contribution < 1.29 is 40.8 Å². The second-order valence-corrected chi connectivity index (χ2v) is 19.8. The Bertz CT molecular complexity index is 667. The van der Waals surface area contributed by atoms with Crippen molar-refractivity contribution in [2.24, 2.45) is 0 Å². The number of thioether (sulfide) groups is 2. The first-order chi connectivity index (χ1) is 24.4. The van der Waals surface area contributed by atoms with Crippen molar-refractivity contribution in [2.75, 3.05) is 89.6 Å². The Kier molecular flexibility index (Phi) is 34.9. The second-order valence-electron chi connectivity index (χ2n) is 12.2. The van der Waals surface area contributed by atoms with Crippen LogP contribution in [-0.2, 0) is 36.0 Å². The molecule has 0 saturated heterocycles. The summed E-state index contributed by atoms with van der Waals surface area (Å²) >= 11 is 3.46. The third kappa shape index (κ3) is 24.4. The summed E-state index contributed by atoms with van der Waals surface area (Å²) in [6.45, 7) is 22.4. The summed E-state index contributed by atoms with van der Waals surface area (Å²) in [6, 6.07) is 1.47. The quantitative estimate of drug-likeness (QED) is 0.0341. The Morgan fingerprint density at radius 3 is 1.00 bits per heavy atom. The van der Waals surface area contributed by atoms with Crippen LogP contribution >= 0.6 is 23.5 Å². The van der Waals surface area contributed by atoms with Gasteiger partial charge in [0.25, 0.3) is 0 Å². The fourth-order valence-corrected chi connectivity index (χ4v) is 12.4. The first kappa shape index (κ1) is 50.1. The van der Waals surface area contributed by atoms with Gasteiger partial charge in [0.2, 0.25) is 0 Å². The molecule has 0 aliphatic heterocycles. The highest BCUT2D eigenvalue weighted by Gasteiger charge is 2.41. The van der Waals surface area contributed by atoms with Gasteiger partial charge in [-0.15, -0.1) is 23.5 Å². The molecule has 0 heterocycles. The number of rotatable bonds is 38. The topological polar surface area (TPSA) is 97.4 Å². The van der Waals surface area contributed by atoms with E-state index in [0.717, 1.165) is 87.8 Å². The second kappa shape index (κ2) is 34.8. The zero-order chi connectivity index (χ0) is 37.2. The summed E-state index contributed by atoms with van der Waals surface area (Å²) in [4.78, 5) is 17.5. The molecule has 50 heavy (non-hydrogen) atoms. The van der Waals surface area contributed by atoms with Crippen LogP contribution in [0, 0.1) is 0 Å². The minimum absolute atomic E-state index is 0.0719. The third-order valence-corrected chi connectivity index (χ3v) is 14.9. The number of hydrogen-bond donors (Lipinski definition) is 0. The average molecular weight is 789 g/mol. The van der Waals surface area contributed by atoms with Gasteiger partial charge in [-0.1, -0.05) is 55.4 Å². The molecule has 0 fully saturated rings. The van der Waals surface area contributed by atoms with Gasteiger partial charge < -0.3 is 36.0 Å². The molecule has 0 aromatic carbocycles. The van der Waals surface area contributed by atoms with Gasteiger partial charge in [0.1, 0.15) is 13.5 Å². The van der Waals surface area contributed by atoms with Crippen LogP contribution in [0.5, 0.6) is 0 Å². The Balaban J connectivity index is 5.42. The Labute approximate surface area is 317 Å². The number of urea groups is 1. The van der Waals surface area contributed by atoms with Gasteiger partial charge in [-0.2, -0.15) is 0 Å². The summed E-state index contributed by atoms with van der Waals surface area (Å²) in [6.07, 6.45) is 9.13. The van der Waals surface area contributed by atoms with Crippen molar-refractivity contribution in [1.82, 2.24) is 9.80 Å². The van der Waals surface area contributed by atoms with Crippen LogP contribution in [0.25, 0.3) is 0 Å². The monoisotopic (exact) mass is 788 g/mol. The van der Waals surface area contributed by atoms with Crippen LogP contribution in [0.2, 0.25) is 12.1 Å². The SMILES string of the molecule is CCCOCN(CSCCC[Si](OCCC)(OCCC)OCCC)C(=O)N(COCCC)CSCCC[Si](OCCC)(OCCC)OCCC. The molecular formula is C35H76N2O9S2Si2. The van der Waals surface area contributed by atoms with Crippen LogP contribution in [0.4, 0.5) is 4.79 Å². The van der Waals surface area contributed by atoms with Crippen molar-refractivity contribution in [2.45, 2.75) is 132 Å². The van der Waals surface area contributed by atoms with Gasteiger partial charge in [-0.3, -0.25) is 9.80 Å². The van der Waals surface area contributed by atoms with Crippen LogP contribution in [0.3, 0.4) is 0 Å². The molecule has 0 aliphatic carbocycles. The molecule has 0 atom stereocenters. The van der Waals surface area contributed by atoms with E-state index < -0.39 is 17.6 Å². The molecule has 11 nitrogen and oxygen atoms in total. The highest BCUT2D eigenvalue weighted by molar-refractivity contribution is 7.99. The smallest absolute Gasteiger partial charge is 0.373 e. The van der Waals surface area contributed by atoms with Crippen LogP contribution in [0.15, 0.2) is 0 Å². The number of hydrogen-bond acceptors (Lipinski definition) is 11. The van der Waals surface area contributed by atoms with Crippen molar-refractivity contribution in [1.29, 1.82) is 0 Å². The molecule has 0 bridgehead atoms. The Hall–Kier alpha value is 0.0838. The van der Waals surface area contributed by atoms with E-state index in [9.17, 15) is 4.79 Å². The lowest BCUT2D eigenvalue weighted by Crippen LogP contribution is -2.47. The Morgan fingerprint density at radius 1 is 0.460 bits per heavy atom. The fourth-order valence-electron chi connectivity index (χ4n) is 4.49. The molecule has 2 amide bonds. The van der Waals surface area contributed by atoms with Gasteiger partial charge in [-0.25, -0.2) is 4.79 Å². The number of ether oxygens (including phenoxy) is 2. The molecule has 0 unspecified atom stereocenters. The van der Waals surface area contributed by atoms with Crippen LogP contribution in [-0.4, -0.2) is 123 Å². The van der Waals surface area contributed by atoms with Crippen molar-refractivity contribution >= 4 is 47.2 Å². The molecule has 0 radical (unpaired) electrons. The molecule has 300 valence electrons. The summed E-state index contributed by atoms with van der Waals surface area (Å²) in [5, 5.41) is 0. The minimum atomic E-state index is -2.74. The summed E-state index contributed by atoms with van der Waals surface area (Å²) in [7, 11) is -5.48. The minimum Gasteiger partial charge on any atom is -0.373 e. The fraction of sp³-hybridized carbons (Fsp3) is 0.971. The molecule has 0 aliphatic rings. The van der Waals surface area contributed by atoms with E-state index in [0.29, 0.717) is 64.6 Å². The maximum atomic E-state index is 13.9. The van der Waals surface area contributed by atoms with E-state index in [1.807, 2.05) is 0 Å². The van der Waals surface area contributed by atoms with E-state index in [1.54, 1.807) is 33.3 Å². The molecule has 0 N–H and O–H groups in total. The highest BCUT2D eigenvalue weighted by atomic mass is 32.2. The largest absolute Gasteiger partial charge is 0.500 e. The number of carbonyl (C=O) groups is 1. The number of nitrogens with zero attached hydrogens (tertiary/aromatic N) is 2. The lowest BCUT2D eigenvalue weighted by atomic mass is 10.5. The summed E-state index contributed by atoms with van der Waals surface area (Å²) < 4.78 is 49.4. The zero-order valence-electron chi connectivity index (χ0n) is 33.3. The predicted molar refractivity (Wildman–Crippen MR) is 214 cm³/mol. The zero-order valence-corrected chi connectivity index (χ0v) is 36.9. The molecule has 15 heteroatoms. The maximum absolute atomic E-state index is 13.9. The van der Waals surface area contributed by atoms with E-state index in [-0.39, 0.29) is 19.5 Å². The molecule has 0 rings (SSSR count). The van der Waals surface area contributed by atoms with Gasteiger partial charge in [0.05, 0.1) is 11.8 Å². The first-order valence-electron chi connectivity index (χ1n) is 19.5. The molecule has 0 aromatic heterocycles. The maximum Gasteiger partial charge on any atom is 0.500 e. The highest BCUT2D eigenvalue weighted by Crippen LogP contribution is 2.24. The molecule has 0 spiro atoms. The van der Waals surface area contributed by atoms with Crippen LogP contribution in [0.1, 0.15) is 120 Å². The average Bonchev–Trinajstić information content (AvgIpc) is 3.13. The first-order valence-corrected chi connectivity index (χ1v) is 25.7. The van der Waals surface area contributed by atoms with E-state index in [4.69, 9.17) is 36.0 Å². The summed E-state index contributed by atoms with van der Waals surface area (Å²) in [5.41, 5.74) is 0. The molecule has 0 saturated carbocycles. The van der Waals surface area contributed by atoms with E-state index in [2.05, 4.69) is 55.4 Å². The van der Waals surface area contributed by atoms with Gasteiger partial charge in [-0.05, 0) is 75.7 Å².